The first-order valence-electron chi connectivity index (χ1n) is 9.95. The Balaban J connectivity index is 0.00000300. The molecule has 29 heavy (non-hydrogen) atoms. The molecule has 0 spiro atoms. The van der Waals surface area contributed by atoms with Gasteiger partial charge in [0.25, 0.3) is 0 Å². The molecule has 1 unspecified atom stereocenters. The van der Waals surface area contributed by atoms with Crippen molar-refractivity contribution >= 4 is 18.0 Å². The minimum absolute atomic E-state index is 0. The van der Waals surface area contributed by atoms with Gasteiger partial charge in [-0.3, -0.25) is 0 Å². The van der Waals surface area contributed by atoms with Crippen LogP contribution in [-0.4, -0.2) is 33.9 Å². The van der Waals surface area contributed by atoms with E-state index in [1.807, 2.05) is 18.2 Å². The molecule has 0 amide bonds. The van der Waals surface area contributed by atoms with E-state index in [1.54, 1.807) is 21.3 Å². The molecular weight excluding hydrogens is 386 g/mol. The van der Waals surface area contributed by atoms with E-state index in [0.717, 1.165) is 49.5 Å². The Morgan fingerprint density at radius 2 is 1.72 bits per heavy atom. The summed E-state index contributed by atoms with van der Waals surface area (Å²) in [4.78, 5) is 0. The maximum Gasteiger partial charge on any atom is 0.164 e. The fourth-order valence-corrected chi connectivity index (χ4v) is 3.77. The molecule has 0 bridgehead atoms. The van der Waals surface area contributed by atoms with Gasteiger partial charge in [-0.15, -0.1) is 12.4 Å². The predicted octanol–water partition coefficient (Wildman–Crippen LogP) is 5.07. The Morgan fingerprint density at radius 1 is 0.966 bits per heavy atom. The normalized spacial score (nSPS) is 13.6. The van der Waals surface area contributed by atoms with Crippen LogP contribution in [0.4, 0.5) is 0 Å². The van der Waals surface area contributed by atoms with E-state index in [0.29, 0.717) is 6.04 Å². The highest BCUT2D eigenvalue weighted by Gasteiger charge is 2.20. The Labute approximate surface area is 180 Å². The SMILES string of the molecule is COc1ccc(CCC(C)NCC2=CCCc3c2ccc(OC)c3OC)cc1.Cl. The van der Waals surface area contributed by atoms with Gasteiger partial charge in [0.1, 0.15) is 5.75 Å². The third kappa shape index (κ3) is 5.68. The van der Waals surface area contributed by atoms with Gasteiger partial charge in [-0.25, -0.2) is 0 Å². The third-order valence-corrected chi connectivity index (χ3v) is 5.45. The first kappa shape index (κ1) is 23.1. The summed E-state index contributed by atoms with van der Waals surface area (Å²) in [5, 5.41) is 3.69. The fourth-order valence-electron chi connectivity index (χ4n) is 3.77. The van der Waals surface area contributed by atoms with E-state index in [9.17, 15) is 0 Å². The molecule has 0 fully saturated rings. The maximum atomic E-state index is 5.63. The number of benzene rings is 2. The zero-order chi connectivity index (χ0) is 19.9. The molecule has 158 valence electrons. The number of fused-ring (bicyclic) bond motifs is 1. The topological polar surface area (TPSA) is 39.7 Å². The van der Waals surface area contributed by atoms with Crippen LogP contribution < -0.4 is 19.5 Å². The molecular formula is C24H32ClNO3. The van der Waals surface area contributed by atoms with Crippen LogP contribution in [0, 0.1) is 0 Å². The highest BCUT2D eigenvalue weighted by molar-refractivity contribution is 5.85. The molecule has 0 radical (unpaired) electrons. The number of allylic oxidation sites excluding steroid dienone is 1. The predicted molar refractivity (Wildman–Crippen MR) is 122 cm³/mol. The lowest BCUT2D eigenvalue weighted by atomic mass is 9.89. The highest BCUT2D eigenvalue weighted by atomic mass is 35.5. The molecule has 1 aliphatic carbocycles. The van der Waals surface area contributed by atoms with Crippen LogP contribution in [0.5, 0.6) is 17.2 Å². The number of aryl methyl sites for hydroxylation is 1. The van der Waals surface area contributed by atoms with Crippen molar-refractivity contribution in [3.63, 3.8) is 0 Å². The number of methoxy groups -OCH3 is 3. The van der Waals surface area contributed by atoms with Crippen molar-refractivity contribution in [3.8, 4) is 17.2 Å². The Morgan fingerprint density at radius 3 is 2.38 bits per heavy atom. The minimum atomic E-state index is 0. The number of hydrogen-bond donors (Lipinski definition) is 1. The molecule has 2 aromatic rings. The van der Waals surface area contributed by atoms with Crippen LogP contribution in [0.15, 0.2) is 42.5 Å². The van der Waals surface area contributed by atoms with Gasteiger partial charge in [-0.2, -0.15) is 0 Å². The van der Waals surface area contributed by atoms with E-state index in [4.69, 9.17) is 14.2 Å². The molecule has 0 aliphatic heterocycles. The summed E-state index contributed by atoms with van der Waals surface area (Å²) in [7, 11) is 5.11. The lowest BCUT2D eigenvalue weighted by Gasteiger charge is -2.23. The average molecular weight is 418 g/mol. The second-order valence-electron chi connectivity index (χ2n) is 7.26. The van der Waals surface area contributed by atoms with E-state index >= 15 is 0 Å². The zero-order valence-corrected chi connectivity index (χ0v) is 18.6. The van der Waals surface area contributed by atoms with E-state index in [-0.39, 0.29) is 12.4 Å². The second-order valence-corrected chi connectivity index (χ2v) is 7.26. The Bertz CT molecular complexity index is 818. The molecule has 0 heterocycles. The second kappa shape index (κ2) is 11.1. The van der Waals surface area contributed by atoms with Crippen molar-refractivity contribution in [3.05, 3.63) is 59.2 Å². The number of rotatable bonds is 9. The van der Waals surface area contributed by atoms with Crippen molar-refractivity contribution in [2.45, 2.75) is 38.6 Å². The smallest absolute Gasteiger partial charge is 0.164 e. The molecule has 0 aromatic heterocycles. The van der Waals surface area contributed by atoms with Crippen LogP contribution in [-0.2, 0) is 12.8 Å². The minimum Gasteiger partial charge on any atom is -0.497 e. The fraction of sp³-hybridized carbons (Fsp3) is 0.417. The van der Waals surface area contributed by atoms with Gasteiger partial charge in [-0.05, 0) is 67.5 Å². The standard InChI is InChI=1S/C24H31NO3.ClH/c1-17(8-9-18-10-12-20(26-2)13-11-18)25-16-19-6-5-7-22-21(19)14-15-23(27-3)24(22)28-4;/h6,10-15,17,25H,5,7-9,16H2,1-4H3;1H. The van der Waals surface area contributed by atoms with Gasteiger partial charge in [0.05, 0.1) is 21.3 Å². The van der Waals surface area contributed by atoms with Crippen molar-refractivity contribution in [2.75, 3.05) is 27.9 Å². The lowest BCUT2D eigenvalue weighted by Crippen LogP contribution is -2.28. The summed E-state index contributed by atoms with van der Waals surface area (Å²) in [6.07, 6.45) is 6.52. The number of hydrogen-bond acceptors (Lipinski definition) is 4. The zero-order valence-electron chi connectivity index (χ0n) is 17.8. The summed E-state index contributed by atoms with van der Waals surface area (Å²) in [6, 6.07) is 12.9. The lowest BCUT2D eigenvalue weighted by molar-refractivity contribution is 0.351. The molecule has 0 saturated heterocycles. The van der Waals surface area contributed by atoms with Crippen LogP contribution in [0.25, 0.3) is 5.57 Å². The van der Waals surface area contributed by atoms with Crippen LogP contribution in [0.1, 0.15) is 36.5 Å². The molecule has 3 rings (SSSR count). The Kier molecular flexibility index (Phi) is 8.87. The number of halogens is 1. The Hall–Kier alpha value is -2.17. The van der Waals surface area contributed by atoms with E-state index < -0.39 is 0 Å². The van der Waals surface area contributed by atoms with Gasteiger partial charge in [0.15, 0.2) is 11.5 Å². The molecule has 1 N–H and O–H groups in total. The summed E-state index contributed by atoms with van der Waals surface area (Å²) in [5.74, 6) is 2.59. The van der Waals surface area contributed by atoms with Gasteiger partial charge in [0.2, 0.25) is 0 Å². The first-order chi connectivity index (χ1) is 13.7. The third-order valence-electron chi connectivity index (χ3n) is 5.45. The van der Waals surface area contributed by atoms with Crippen molar-refractivity contribution in [2.24, 2.45) is 0 Å². The maximum absolute atomic E-state index is 5.63. The van der Waals surface area contributed by atoms with Crippen molar-refractivity contribution < 1.29 is 14.2 Å². The number of ether oxygens (including phenoxy) is 3. The van der Waals surface area contributed by atoms with Gasteiger partial charge in [-0.1, -0.05) is 24.3 Å². The average Bonchev–Trinajstić information content (AvgIpc) is 2.75. The highest BCUT2D eigenvalue weighted by Crippen LogP contribution is 2.39. The van der Waals surface area contributed by atoms with Crippen molar-refractivity contribution in [1.82, 2.24) is 5.32 Å². The largest absolute Gasteiger partial charge is 0.497 e. The first-order valence-corrected chi connectivity index (χ1v) is 9.95. The van der Waals surface area contributed by atoms with Crippen LogP contribution >= 0.6 is 12.4 Å². The van der Waals surface area contributed by atoms with Gasteiger partial charge >= 0.3 is 0 Å². The molecule has 0 saturated carbocycles. The van der Waals surface area contributed by atoms with E-state index in [2.05, 4.69) is 36.5 Å². The van der Waals surface area contributed by atoms with Crippen LogP contribution in [0.3, 0.4) is 0 Å². The molecule has 4 nitrogen and oxygen atoms in total. The molecule has 2 aromatic carbocycles. The van der Waals surface area contributed by atoms with Crippen molar-refractivity contribution in [1.29, 1.82) is 0 Å². The summed E-state index contributed by atoms with van der Waals surface area (Å²) >= 11 is 0. The summed E-state index contributed by atoms with van der Waals surface area (Å²) in [6.45, 7) is 3.12. The van der Waals surface area contributed by atoms with Gasteiger partial charge < -0.3 is 19.5 Å². The summed E-state index contributed by atoms with van der Waals surface area (Å²) < 4.78 is 16.3. The van der Waals surface area contributed by atoms with Gasteiger partial charge in [0, 0.05) is 18.2 Å². The van der Waals surface area contributed by atoms with Crippen LogP contribution in [0.2, 0.25) is 0 Å². The molecule has 5 heteroatoms. The monoisotopic (exact) mass is 417 g/mol. The quantitative estimate of drug-likeness (QED) is 0.618. The number of nitrogens with one attached hydrogen (secondary N) is 1. The summed E-state index contributed by atoms with van der Waals surface area (Å²) in [5.41, 5.74) is 5.22. The molecule has 1 atom stereocenters. The van der Waals surface area contributed by atoms with E-state index in [1.165, 1.54) is 22.3 Å². The molecule has 1 aliphatic rings.